The number of nitrogens with zero attached hydrogens (tertiary/aromatic N) is 3. The molecule has 3 rings (SSSR count). The number of carbonyl (C=O) groups is 1. The van der Waals surface area contributed by atoms with E-state index in [0.717, 1.165) is 12.1 Å². The highest BCUT2D eigenvalue weighted by molar-refractivity contribution is 6.06. The SMILES string of the molecule is C[C@@H]1[C@@H](C)n2nccc2C(=O)N1c1ccc(C(F)(F)F)cc1. The maximum absolute atomic E-state index is 12.6. The number of anilines is 1. The van der Waals surface area contributed by atoms with Gasteiger partial charge in [-0.2, -0.15) is 18.3 Å². The van der Waals surface area contributed by atoms with Crippen LogP contribution in [0.15, 0.2) is 36.5 Å². The molecule has 0 aliphatic carbocycles. The van der Waals surface area contributed by atoms with Gasteiger partial charge in [0.25, 0.3) is 5.91 Å². The molecule has 0 radical (unpaired) electrons. The zero-order chi connectivity index (χ0) is 16.1. The summed E-state index contributed by atoms with van der Waals surface area (Å²) in [5, 5.41) is 4.13. The third-order valence-corrected chi connectivity index (χ3v) is 4.07. The maximum Gasteiger partial charge on any atom is 0.416 e. The lowest BCUT2D eigenvalue weighted by molar-refractivity contribution is -0.137. The summed E-state index contributed by atoms with van der Waals surface area (Å²) >= 11 is 0. The van der Waals surface area contributed by atoms with Gasteiger partial charge in [-0.15, -0.1) is 0 Å². The number of alkyl halides is 3. The standard InChI is InChI=1S/C15H14F3N3O/c1-9-10(2)21-13(7-8-19-21)14(22)20(9)12-5-3-11(4-6-12)15(16,17)18/h3-10H,1-2H3/t9-,10-/m1/s1. The lowest BCUT2D eigenvalue weighted by atomic mass is 10.0. The van der Waals surface area contributed by atoms with E-state index in [-0.39, 0.29) is 18.0 Å². The molecule has 1 aromatic heterocycles. The summed E-state index contributed by atoms with van der Waals surface area (Å²) < 4.78 is 39.6. The first-order valence-corrected chi connectivity index (χ1v) is 6.85. The Labute approximate surface area is 125 Å². The zero-order valence-corrected chi connectivity index (χ0v) is 12.0. The van der Waals surface area contributed by atoms with E-state index in [2.05, 4.69) is 5.10 Å². The molecule has 1 aromatic carbocycles. The number of rotatable bonds is 1. The number of amides is 1. The fourth-order valence-electron chi connectivity index (χ4n) is 2.70. The first kappa shape index (κ1) is 14.6. The number of fused-ring (bicyclic) bond motifs is 1. The number of aromatic nitrogens is 2. The highest BCUT2D eigenvalue weighted by Crippen LogP contribution is 2.34. The average molecular weight is 309 g/mol. The molecule has 0 bridgehead atoms. The highest BCUT2D eigenvalue weighted by atomic mass is 19.4. The molecule has 2 atom stereocenters. The largest absolute Gasteiger partial charge is 0.416 e. The first-order chi connectivity index (χ1) is 10.3. The third kappa shape index (κ3) is 2.17. The number of hydrogen-bond acceptors (Lipinski definition) is 2. The van der Waals surface area contributed by atoms with E-state index in [0.29, 0.717) is 11.4 Å². The Morgan fingerprint density at radius 3 is 2.27 bits per heavy atom. The highest BCUT2D eigenvalue weighted by Gasteiger charge is 2.37. The summed E-state index contributed by atoms with van der Waals surface area (Å²) in [4.78, 5) is 14.1. The lowest BCUT2D eigenvalue weighted by Crippen LogP contribution is -2.49. The Balaban J connectivity index is 2.00. The molecule has 22 heavy (non-hydrogen) atoms. The first-order valence-electron chi connectivity index (χ1n) is 6.85. The monoisotopic (exact) mass is 309 g/mol. The molecule has 1 aliphatic heterocycles. The summed E-state index contributed by atoms with van der Waals surface area (Å²) in [5.74, 6) is -0.261. The minimum Gasteiger partial charge on any atom is -0.302 e. The Bertz CT molecular complexity index is 706. The molecule has 1 aliphatic rings. The van der Waals surface area contributed by atoms with Gasteiger partial charge in [0.05, 0.1) is 17.6 Å². The molecule has 0 unspecified atom stereocenters. The molecule has 1 amide bonds. The second-order valence-corrected chi connectivity index (χ2v) is 5.36. The van der Waals surface area contributed by atoms with E-state index in [1.807, 2.05) is 13.8 Å². The number of hydrogen-bond donors (Lipinski definition) is 0. The Morgan fingerprint density at radius 1 is 1.05 bits per heavy atom. The van der Waals surface area contributed by atoms with Crippen LogP contribution < -0.4 is 4.90 Å². The second kappa shape index (κ2) is 4.86. The summed E-state index contributed by atoms with van der Waals surface area (Å²) in [6, 6.07) is 5.98. The van der Waals surface area contributed by atoms with Gasteiger partial charge in [0.15, 0.2) is 0 Å². The van der Waals surface area contributed by atoms with Crippen LogP contribution in [-0.4, -0.2) is 21.7 Å². The van der Waals surface area contributed by atoms with Crippen LogP contribution in [0.3, 0.4) is 0 Å². The minimum absolute atomic E-state index is 0.0648. The molecule has 116 valence electrons. The van der Waals surface area contributed by atoms with Crippen molar-refractivity contribution in [1.82, 2.24) is 9.78 Å². The molecular formula is C15H14F3N3O. The van der Waals surface area contributed by atoms with E-state index in [9.17, 15) is 18.0 Å². The number of benzene rings is 1. The summed E-state index contributed by atoms with van der Waals surface area (Å²) in [6.45, 7) is 3.77. The Kier molecular flexibility index (Phi) is 3.23. The summed E-state index contributed by atoms with van der Waals surface area (Å²) in [5.41, 5.74) is 0.154. The molecule has 0 saturated heterocycles. The minimum atomic E-state index is -4.39. The predicted molar refractivity (Wildman–Crippen MR) is 74.7 cm³/mol. The molecule has 2 aromatic rings. The topological polar surface area (TPSA) is 38.1 Å². The summed E-state index contributed by atoms with van der Waals surface area (Å²) in [7, 11) is 0. The lowest BCUT2D eigenvalue weighted by Gasteiger charge is -2.38. The van der Waals surface area contributed by atoms with Crippen molar-refractivity contribution in [3.8, 4) is 0 Å². The van der Waals surface area contributed by atoms with Gasteiger partial charge in [-0.25, -0.2) is 0 Å². The van der Waals surface area contributed by atoms with Crippen molar-refractivity contribution in [1.29, 1.82) is 0 Å². The van der Waals surface area contributed by atoms with Crippen LogP contribution in [0, 0.1) is 0 Å². The molecule has 0 N–H and O–H groups in total. The fourth-order valence-corrected chi connectivity index (χ4v) is 2.70. The van der Waals surface area contributed by atoms with Crippen LogP contribution in [-0.2, 0) is 6.18 Å². The van der Waals surface area contributed by atoms with Crippen LogP contribution in [0.5, 0.6) is 0 Å². The predicted octanol–water partition coefficient (Wildman–Crippen LogP) is 3.51. The molecule has 2 heterocycles. The quantitative estimate of drug-likeness (QED) is 0.808. The third-order valence-electron chi connectivity index (χ3n) is 4.07. The summed E-state index contributed by atoms with van der Waals surface area (Å²) in [6.07, 6.45) is -2.84. The smallest absolute Gasteiger partial charge is 0.302 e. The molecule has 4 nitrogen and oxygen atoms in total. The maximum atomic E-state index is 12.6. The molecule has 0 saturated carbocycles. The van der Waals surface area contributed by atoms with E-state index < -0.39 is 11.7 Å². The normalized spacial score (nSPS) is 21.9. The van der Waals surface area contributed by atoms with Gasteiger partial charge in [-0.3, -0.25) is 9.48 Å². The molecule has 7 heteroatoms. The van der Waals surface area contributed by atoms with E-state index >= 15 is 0 Å². The van der Waals surface area contributed by atoms with Crippen molar-refractivity contribution in [3.63, 3.8) is 0 Å². The van der Waals surface area contributed by atoms with Gasteiger partial charge in [-0.1, -0.05) is 0 Å². The van der Waals surface area contributed by atoms with E-state index in [1.54, 1.807) is 16.9 Å². The Morgan fingerprint density at radius 2 is 1.68 bits per heavy atom. The van der Waals surface area contributed by atoms with E-state index in [4.69, 9.17) is 0 Å². The van der Waals surface area contributed by atoms with E-state index in [1.165, 1.54) is 17.0 Å². The second-order valence-electron chi connectivity index (χ2n) is 5.36. The van der Waals surface area contributed by atoms with Gasteiger partial charge >= 0.3 is 6.18 Å². The van der Waals surface area contributed by atoms with Crippen molar-refractivity contribution in [2.45, 2.75) is 32.1 Å². The van der Waals surface area contributed by atoms with Gasteiger partial charge in [0, 0.05) is 11.9 Å². The van der Waals surface area contributed by atoms with Gasteiger partial charge in [0.2, 0.25) is 0 Å². The van der Waals surface area contributed by atoms with Crippen LogP contribution in [0.25, 0.3) is 0 Å². The van der Waals surface area contributed by atoms with Gasteiger partial charge in [-0.05, 0) is 44.2 Å². The van der Waals surface area contributed by atoms with Crippen LogP contribution in [0.4, 0.5) is 18.9 Å². The Hall–Kier alpha value is -2.31. The molecular weight excluding hydrogens is 295 g/mol. The fraction of sp³-hybridized carbons (Fsp3) is 0.333. The molecule has 0 spiro atoms. The van der Waals surface area contributed by atoms with Crippen molar-refractivity contribution in [2.24, 2.45) is 0 Å². The average Bonchev–Trinajstić information content (AvgIpc) is 2.95. The van der Waals surface area contributed by atoms with Crippen LogP contribution >= 0.6 is 0 Å². The number of carbonyl (C=O) groups excluding carboxylic acids is 1. The van der Waals surface area contributed by atoms with Crippen molar-refractivity contribution in [2.75, 3.05) is 4.90 Å². The van der Waals surface area contributed by atoms with Crippen LogP contribution in [0.2, 0.25) is 0 Å². The number of halogens is 3. The van der Waals surface area contributed by atoms with Gasteiger partial charge in [0.1, 0.15) is 5.69 Å². The zero-order valence-electron chi connectivity index (χ0n) is 12.0. The van der Waals surface area contributed by atoms with Crippen molar-refractivity contribution >= 4 is 11.6 Å². The van der Waals surface area contributed by atoms with Crippen LogP contribution in [0.1, 0.15) is 35.9 Å². The van der Waals surface area contributed by atoms with Crippen molar-refractivity contribution < 1.29 is 18.0 Å². The van der Waals surface area contributed by atoms with Crippen molar-refractivity contribution in [3.05, 3.63) is 47.8 Å². The molecule has 0 fully saturated rings. The van der Waals surface area contributed by atoms with Gasteiger partial charge < -0.3 is 4.90 Å².